The van der Waals surface area contributed by atoms with Gasteiger partial charge in [0.1, 0.15) is 18.1 Å². The highest BCUT2D eigenvalue weighted by Crippen LogP contribution is 2.21. The summed E-state index contributed by atoms with van der Waals surface area (Å²) in [5.74, 6) is -1.20. The highest BCUT2D eigenvalue weighted by molar-refractivity contribution is 9.10. The zero-order chi connectivity index (χ0) is 29.0. The summed E-state index contributed by atoms with van der Waals surface area (Å²) in [4.78, 5) is 37.9. The van der Waals surface area contributed by atoms with Gasteiger partial charge in [0.15, 0.2) is 0 Å². The molecule has 0 unspecified atom stereocenters. The largest absolute Gasteiger partial charge is 0.494 e. The molecule has 3 amide bonds. The molecule has 10 heteroatoms. The molecule has 0 aliphatic heterocycles. The first-order valence-corrected chi connectivity index (χ1v) is 13.5. The first kappa shape index (κ1) is 29.0. The zero-order valence-electron chi connectivity index (χ0n) is 22.1. The maximum atomic E-state index is 12.9. The minimum atomic E-state index is -1.00. The molecule has 0 aromatic heterocycles. The van der Waals surface area contributed by atoms with Crippen LogP contribution in [0, 0.1) is 0 Å². The number of hydrogen-bond acceptors (Lipinski definition) is 6. The van der Waals surface area contributed by atoms with Crippen molar-refractivity contribution in [1.82, 2.24) is 5.43 Å². The van der Waals surface area contributed by atoms with Crippen molar-refractivity contribution in [2.24, 2.45) is 5.10 Å². The molecule has 4 rings (SSSR count). The second kappa shape index (κ2) is 14.4. The molecule has 0 aliphatic carbocycles. The molecule has 0 radical (unpaired) electrons. The fourth-order valence-electron chi connectivity index (χ4n) is 3.64. The number of hydrazone groups is 1. The van der Waals surface area contributed by atoms with Gasteiger partial charge in [-0.1, -0.05) is 52.3 Å². The Hall–Kier alpha value is -4.96. The number of benzene rings is 4. The van der Waals surface area contributed by atoms with Crippen molar-refractivity contribution in [3.8, 4) is 11.5 Å². The number of hydrogen-bond donors (Lipinski definition) is 3. The number of halogens is 1. The van der Waals surface area contributed by atoms with Gasteiger partial charge in [-0.05, 0) is 73.2 Å². The van der Waals surface area contributed by atoms with Crippen LogP contribution >= 0.6 is 15.9 Å². The molecule has 0 aliphatic rings. The summed E-state index contributed by atoms with van der Waals surface area (Å²) in [6.45, 7) is 2.76. The fraction of sp³-hybridized carbons (Fsp3) is 0.0968. The number of carbonyl (C=O) groups excluding carboxylic acids is 3. The molecule has 3 N–H and O–H groups in total. The number of anilines is 2. The summed E-state index contributed by atoms with van der Waals surface area (Å²) >= 11 is 3.41. The lowest BCUT2D eigenvalue weighted by molar-refractivity contribution is -0.136. The van der Waals surface area contributed by atoms with E-state index in [0.29, 0.717) is 36.0 Å². The molecular weight excluding hydrogens is 588 g/mol. The number of carbonyl (C=O) groups is 3. The Morgan fingerprint density at radius 2 is 1.51 bits per heavy atom. The van der Waals surface area contributed by atoms with Crippen LogP contribution in [0.15, 0.2) is 107 Å². The standard InChI is InChI=1S/C31H27BrN4O5/c1-2-40-25-17-15-24(16-18-25)34-29(37)26-8-4-5-9-27(26)35-30(38)31(39)36-33-19-22-7-3-6-10-28(22)41-20-21-11-13-23(32)14-12-21/h3-19H,2,20H2,1H3,(H,34,37)(H,35,38)(H,36,39)/b33-19-. The average Bonchev–Trinajstić information content (AvgIpc) is 2.98. The molecule has 0 bridgehead atoms. The van der Waals surface area contributed by atoms with E-state index in [0.717, 1.165) is 10.0 Å². The van der Waals surface area contributed by atoms with Crippen molar-refractivity contribution in [1.29, 1.82) is 0 Å². The fourth-order valence-corrected chi connectivity index (χ4v) is 3.90. The summed E-state index contributed by atoms with van der Waals surface area (Å²) in [6, 6.07) is 28.2. The van der Waals surface area contributed by atoms with Crippen LogP contribution in [0.2, 0.25) is 0 Å². The highest BCUT2D eigenvalue weighted by atomic mass is 79.9. The predicted molar refractivity (Wildman–Crippen MR) is 161 cm³/mol. The topological polar surface area (TPSA) is 118 Å². The Kier molecular flexibility index (Phi) is 10.2. The highest BCUT2D eigenvalue weighted by Gasteiger charge is 2.18. The van der Waals surface area contributed by atoms with Crippen molar-refractivity contribution < 1.29 is 23.9 Å². The van der Waals surface area contributed by atoms with Gasteiger partial charge in [0.05, 0.1) is 24.1 Å². The maximum Gasteiger partial charge on any atom is 0.329 e. The third-order valence-electron chi connectivity index (χ3n) is 5.65. The number of para-hydroxylation sites is 2. The van der Waals surface area contributed by atoms with Crippen molar-refractivity contribution >= 4 is 51.2 Å². The normalized spacial score (nSPS) is 10.6. The molecule has 0 spiro atoms. The molecule has 4 aromatic carbocycles. The molecule has 0 saturated carbocycles. The van der Waals surface area contributed by atoms with E-state index in [-0.39, 0.29) is 11.3 Å². The van der Waals surface area contributed by atoms with Crippen molar-refractivity contribution in [2.45, 2.75) is 13.5 Å². The smallest absolute Gasteiger partial charge is 0.329 e. The molecule has 41 heavy (non-hydrogen) atoms. The first-order valence-electron chi connectivity index (χ1n) is 12.7. The van der Waals surface area contributed by atoms with Crippen LogP contribution in [-0.2, 0) is 16.2 Å². The van der Waals surface area contributed by atoms with E-state index in [1.807, 2.05) is 37.3 Å². The maximum absolute atomic E-state index is 12.9. The third-order valence-corrected chi connectivity index (χ3v) is 6.17. The summed E-state index contributed by atoms with van der Waals surface area (Å²) in [7, 11) is 0. The van der Waals surface area contributed by atoms with Crippen molar-refractivity contribution in [3.05, 3.63) is 118 Å². The molecular formula is C31H27BrN4O5. The lowest BCUT2D eigenvalue weighted by atomic mass is 10.1. The molecule has 0 fully saturated rings. The van der Waals surface area contributed by atoms with Gasteiger partial charge >= 0.3 is 11.8 Å². The lowest BCUT2D eigenvalue weighted by Crippen LogP contribution is -2.33. The van der Waals surface area contributed by atoms with E-state index >= 15 is 0 Å². The second-order valence-corrected chi connectivity index (χ2v) is 9.48. The van der Waals surface area contributed by atoms with Gasteiger partial charge in [-0.25, -0.2) is 5.43 Å². The SMILES string of the molecule is CCOc1ccc(NC(=O)c2ccccc2NC(=O)C(=O)N/N=C\c2ccccc2OCc2ccc(Br)cc2)cc1. The van der Waals surface area contributed by atoms with Gasteiger partial charge in [-0.3, -0.25) is 14.4 Å². The summed E-state index contributed by atoms with van der Waals surface area (Å²) in [5, 5.41) is 9.14. The lowest BCUT2D eigenvalue weighted by Gasteiger charge is -2.11. The van der Waals surface area contributed by atoms with E-state index in [1.54, 1.807) is 60.7 Å². The molecule has 0 atom stereocenters. The van der Waals surface area contributed by atoms with Gasteiger partial charge in [-0.2, -0.15) is 5.10 Å². The van der Waals surface area contributed by atoms with Gasteiger partial charge in [0.2, 0.25) is 0 Å². The van der Waals surface area contributed by atoms with E-state index in [2.05, 4.69) is 37.1 Å². The van der Waals surface area contributed by atoms with Gasteiger partial charge in [0, 0.05) is 15.7 Å². The number of nitrogens with one attached hydrogen (secondary N) is 3. The van der Waals surface area contributed by atoms with Crippen LogP contribution in [0.25, 0.3) is 0 Å². The molecule has 208 valence electrons. The van der Waals surface area contributed by atoms with E-state index in [1.165, 1.54) is 12.3 Å². The minimum absolute atomic E-state index is 0.173. The van der Waals surface area contributed by atoms with Crippen LogP contribution in [0.5, 0.6) is 11.5 Å². The average molecular weight is 615 g/mol. The number of rotatable bonds is 10. The third kappa shape index (κ3) is 8.51. The van der Waals surface area contributed by atoms with Crippen molar-refractivity contribution in [2.75, 3.05) is 17.2 Å². The summed E-state index contributed by atoms with van der Waals surface area (Å²) in [6.07, 6.45) is 1.39. The Morgan fingerprint density at radius 3 is 2.27 bits per heavy atom. The Bertz CT molecular complexity index is 1540. The molecule has 4 aromatic rings. The summed E-state index contributed by atoms with van der Waals surface area (Å²) in [5.41, 5.74) is 4.71. The van der Waals surface area contributed by atoms with Gasteiger partial charge in [0.25, 0.3) is 5.91 Å². The minimum Gasteiger partial charge on any atom is -0.494 e. The number of ether oxygens (including phenoxy) is 2. The summed E-state index contributed by atoms with van der Waals surface area (Å²) < 4.78 is 12.3. The van der Waals surface area contributed by atoms with Crippen LogP contribution in [0.3, 0.4) is 0 Å². The van der Waals surface area contributed by atoms with E-state index < -0.39 is 17.7 Å². The first-order chi connectivity index (χ1) is 19.9. The van der Waals surface area contributed by atoms with Crippen LogP contribution in [-0.4, -0.2) is 30.5 Å². The molecule has 0 heterocycles. The molecule has 0 saturated heterocycles. The quantitative estimate of drug-likeness (QED) is 0.119. The predicted octanol–water partition coefficient (Wildman–Crippen LogP) is 5.77. The number of amides is 3. The van der Waals surface area contributed by atoms with E-state index in [4.69, 9.17) is 9.47 Å². The zero-order valence-corrected chi connectivity index (χ0v) is 23.7. The Balaban J connectivity index is 1.34. The van der Waals surface area contributed by atoms with Crippen LogP contribution < -0.4 is 25.5 Å². The van der Waals surface area contributed by atoms with Gasteiger partial charge in [-0.15, -0.1) is 0 Å². The van der Waals surface area contributed by atoms with Gasteiger partial charge < -0.3 is 20.1 Å². The van der Waals surface area contributed by atoms with Crippen LogP contribution in [0.1, 0.15) is 28.4 Å². The Labute approximate surface area is 245 Å². The van der Waals surface area contributed by atoms with Crippen LogP contribution in [0.4, 0.5) is 11.4 Å². The van der Waals surface area contributed by atoms with Crippen molar-refractivity contribution in [3.63, 3.8) is 0 Å². The second-order valence-electron chi connectivity index (χ2n) is 8.56. The Morgan fingerprint density at radius 1 is 0.805 bits per heavy atom. The monoisotopic (exact) mass is 614 g/mol. The number of nitrogens with zero attached hydrogens (tertiary/aromatic N) is 1. The molecule has 9 nitrogen and oxygen atoms in total. The van der Waals surface area contributed by atoms with E-state index in [9.17, 15) is 14.4 Å².